The number of halogens is 1. The molecule has 7 heteroatoms. The van der Waals surface area contributed by atoms with Crippen LogP contribution < -0.4 is 4.90 Å². The van der Waals surface area contributed by atoms with Gasteiger partial charge in [-0.25, -0.2) is 9.29 Å². The number of imide groups is 1. The third-order valence-corrected chi connectivity index (χ3v) is 4.87. The van der Waals surface area contributed by atoms with Crippen molar-refractivity contribution in [2.75, 3.05) is 4.90 Å². The summed E-state index contributed by atoms with van der Waals surface area (Å²) in [5.74, 6) is -1.25. The lowest BCUT2D eigenvalue weighted by Gasteiger charge is -2.19. The van der Waals surface area contributed by atoms with Crippen LogP contribution >= 0.6 is 11.3 Å². The monoisotopic (exact) mass is 330 g/mol. The maximum atomic E-state index is 13.0. The van der Waals surface area contributed by atoms with E-state index in [2.05, 4.69) is 5.16 Å². The van der Waals surface area contributed by atoms with Crippen LogP contribution in [-0.2, 0) is 14.4 Å². The number of nitrogens with zero attached hydrogens (tertiary/aromatic N) is 2. The highest BCUT2D eigenvalue weighted by molar-refractivity contribution is 7.12. The number of hydrogen-bond donors (Lipinski definition) is 0. The number of rotatable bonds is 2. The van der Waals surface area contributed by atoms with E-state index in [-0.39, 0.29) is 18.7 Å². The Morgan fingerprint density at radius 2 is 1.96 bits per heavy atom. The number of hydrogen-bond acceptors (Lipinski definition) is 5. The topological polar surface area (TPSA) is 59.0 Å². The third-order valence-electron chi connectivity index (χ3n) is 3.95. The van der Waals surface area contributed by atoms with Crippen molar-refractivity contribution in [1.82, 2.24) is 0 Å². The van der Waals surface area contributed by atoms with Gasteiger partial charge in [0.15, 0.2) is 0 Å². The zero-order valence-electron chi connectivity index (χ0n) is 11.9. The van der Waals surface area contributed by atoms with Crippen LogP contribution in [0.5, 0.6) is 0 Å². The van der Waals surface area contributed by atoms with Gasteiger partial charge in [0.25, 0.3) is 5.91 Å². The van der Waals surface area contributed by atoms with Crippen LogP contribution in [0, 0.1) is 5.82 Å². The van der Waals surface area contributed by atoms with Crippen LogP contribution in [-0.4, -0.2) is 23.1 Å². The minimum absolute atomic E-state index is 0.0679. The van der Waals surface area contributed by atoms with Crippen molar-refractivity contribution < 1.29 is 18.8 Å². The Morgan fingerprint density at radius 1 is 1.17 bits per heavy atom. The van der Waals surface area contributed by atoms with Gasteiger partial charge in [0, 0.05) is 6.42 Å². The Kier molecular flexibility index (Phi) is 3.05. The summed E-state index contributed by atoms with van der Waals surface area (Å²) >= 11 is 1.50. The summed E-state index contributed by atoms with van der Waals surface area (Å²) in [6.07, 6.45) is 0.192. The minimum atomic E-state index is -1.27. The van der Waals surface area contributed by atoms with Crippen molar-refractivity contribution in [2.45, 2.75) is 18.4 Å². The molecule has 23 heavy (non-hydrogen) atoms. The molecule has 0 radical (unpaired) electrons. The molecular formula is C16H11FN2O3S. The molecular weight excluding hydrogens is 319 g/mol. The number of carbonyl (C=O) groups is 2. The van der Waals surface area contributed by atoms with Crippen molar-refractivity contribution in [2.24, 2.45) is 5.16 Å². The Bertz CT molecular complexity index is 816. The second-order valence-electron chi connectivity index (χ2n) is 5.47. The van der Waals surface area contributed by atoms with Gasteiger partial charge < -0.3 is 4.84 Å². The maximum Gasteiger partial charge on any atom is 0.281 e. The van der Waals surface area contributed by atoms with E-state index >= 15 is 0 Å². The van der Waals surface area contributed by atoms with Crippen LogP contribution in [0.15, 0.2) is 46.9 Å². The van der Waals surface area contributed by atoms with Crippen molar-refractivity contribution in [3.63, 3.8) is 0 Å². The van der Waals surface area contributed by atoms with E-state index < -0.39 is 17.3 Å². The lowest BCUT2D eigenvalue weighted by atomic mass is 9.95. The quantitative estimate of drug-likeness (QED) is 0.796. The number of amides is 2. The van der Waals surface area contributed by atoms with Gasteiger partial charge in [0.1, 0.15) is 11.5 Å². The van der Waals surface area contributed by atoms with Gasteiger partial charge in [0.05, 0.1) is 17.0 Å². The molecule has 2 aromatic rings. The fraction of sp³-hybridized carbons (Fsp3) is 0.188. The molecule has 1 aromatic heterocycles. The Balaban J connectivity index is 1.62. The Hall–Kier alpha value is -2.54. The molecule has 4 rings (SSSR count). The van der Waals surface area contributed by atoms with Crippen LogP contribution in [0.3, 0.4) is 0 Å². The average Bonchev–Trinajstić information content (AvgIpc) is 3.23. The van der Waals surface area contributed by atoms with Gasteiger partial charge in [-0.3, -0.25) is 9.59 Å². The third kappa shape index (κ3) is 2.16. The molecule has 1 spiro atoms. The van der Waals surface area contributed by atoms with Gasteiger partial charge in [-0.15, -0.1) is 11.3 Å². The molecule has 0 aliphatic carbocycles. The van der Waals surface area contributed by atoms with Gasteiger partial charge in [-0.05, 0) is 35.7 Å². The standard InChI is InChI=1S/C16H11FN2O3S/c17-10-3-5-11(6-4-10)19-14(20)9-16(15(19)21)8-12(18-22-16)13-2-1-7-23-13/h1-7H,8-9H2. The Labute approximate surface area is 135 Å². The fourth-order valence-electron chi connectivity index (χ4n) is 2.83. The zero-order chi connectivity index (χ0) is 16.0. The van der Waals surface area contributed by atoms with E-state index in [1.54, 1.807) is 0 Å². The first-order valence-electron chi connectivity index (χ1n) is 7.01. The molecule has 2 aliphatic rings. The molecule has 0 saturated carbocycles. The molecule has 3 heterocycles. The first-order chi connectivity index (χ1) is 11.1. The van der Waals surface area contributed by atoms with Gasteiger partial charge in [-0.2, -0.15) is 0 Å². The summed E-state index contributed by atoms with van der Waals surface area (Å²) in [5, 5.41) is 5.92. The highest BCUT2D eigenvalue weighted by atomic mass is 32.1. The summed E-state index contributed by atoms with van der Waals surface area (Å²) in [6, 6.07) is 9.01. The molecule has 2 aliphatic heterocycles. The van der Waals surface area contributed by atoms with Crippen molar-refractivity contribution in [3.05, 3.63) is 52.5 Å². The van der Waals surface area contributed by atoms with E-state index in [1.165, 1.54) is 35.6 Å². The molecule has 0 N–H and O–H groups in total. The SMILES string of the molecule is O=C1CC2(CC(c3cccs3)=NO2)C(=O)N1c1ccc(F)cc1. The highest BCUT2D eigenvalue weighted by Crippen LogP contribution is 2.39. The summed E-state index contributed by atoms with van der Waals surface area (Å²) < 4.78 is 13.0. The molecule has 1 aromatic carbocycles. The predicted molar refractivity (Wildman–Crippen MR) is 82.8 cm³/mol. The average molecular weight is 330 g/mol. The number of anilines is 1. The van der Waals surface area contributed by atoms with Crippen LogP contribution in [0.1, 0.15) is 17.7 Å². The normalized spacial score (nSPS) is 23.5. The van der Waals surface area contributed by atoms with Crippen molar-refractivity contribution in [3.8, 4) is 0 Å². The molecule has 116 valence electrons. The Morgan fingerprint density at radius 3 is 2.65 bits per heavy atom. The van der Waals surface area contributed by atoms with E-state index in [9.17, 15) is 14.0 Å². The molecule has 1 unspecified atom stereocenters. The number of benzene rings is 1. The van der Waals surface area contributed by atoms with Crippen LogP contribution in [0.4, 0.5) is 10.1 Å². The van der Waals surface area contributed by atoms with E-state index in [1.807, 2.05) is 17.5 Å². The van der Waals surface area contributed by atoms with E-state index in [0.717, 1.165) is 9.78 Å². The molecule has 1 atom stereocenters. The number of thiophene rings is 1. The molecule has 1 saturated heterocycles. The fourth-order valence-corrected chi connectivity index (χ4v) is 3.54. The first kappa shape index (κ1) is 14.1. The predicted octanol–water partition coefficient (Wildman–Crippen LogP) is 2.71. The molecule has 5 nitrogen and oxygen atoms in total. The summed E-state index contributed by atoms with van der Waals surface area (Å²) in [5.41, 5.74) is -0.265. The first-order valence-corrected chi connectivity index (χ1v) is 7.89. The summed E-state index contributed by atoms with van der Waals surface area (Å²) in [4.78, 5) is 32.4. The zero-order valence-corrected chi connectivity index (χ0v) is 12.7. The molecule has 0 bridgehead atoms. The summed E-state index contributed by atoms with van der Waals surface area (Å²) in [6.45, 7) is 0. The lowest BCUT2D eigenvalue weighted by molar-refractivity contribution is -0.136. The molecule has 2 amide bonds. The van der Waals surface area contributed by atoms with E-state index in [4.69, 9.17) is 4.84 Å². The minimum Gasteiger partial charge on any atom is -0.378 e. The number of carbonyl (C=O) groups excluding carboxylic acids is 2. The van der Waals surface area contributed by atoms with Gasteiger partial charge in [0.2, 0.25) is 11.5 Å². The van der Waals surface area contributed by atoms with Crippen molar-refractivity contribution >= 4 is 34.6 Å². The largest absolute Gasteiger partial charge is 0.378 e. The smallest absolute Gasteiger partial charge is 0.281 e. The second-order valence-corrected chi connectivity index (χ2v) is 6.41. The highest BCUT2D eigenvalue weighted by Gasteiger charge is 2.58. The van der Waals surface area contributed by atoms with E-state index in [0.29, 0.717) is 11.4 Å². The summed E-state index contributed by atoms with van der Waals surface area (Å²) in [7, 11) is 0. The van der Waals surface area contributed by atoms with Gasteiger partial charge >= 0.3 is 0 Å². The van der Waals surface area contributed by atoms with Crippen LogP contribution in [0.25, 0.3) is 0 Å². The molecule has 1 fully saturated rings. The van der Waals surface area contributed by atoms with Crippen LogP contribution in [0.2, 0.25) is 0 Å². The second kappa shape index (κ2) is 4.99. The van der Waals surface area contributed by atoms with Crippen molar-refractivity contribution in [1.29, 1.82) is 0 Å². The maximum absolute atomic E-state index is 13.0. The van der Waals surface area contributed by atoms with Gasteiger partial charge in [-0.1, -0.05) is 11.2 Å². The number of oxime groups is 1. The lowest BCUT2D eigenvalue weighted by Crippen LogP contribution is -2.40.